The lowest BCUT2D eigenvalue weighted by Gasteiger charge is -2.16. The fraction of sp³-hybridized carbons (Fsp3) is 0.444. The quantitative estimate of drug-likeness (QED) is 0.666. The average Bonchev–Trinajstić information content (AvgIpc) is 2.94. The molecule has 1 saturated heterocycles. The van der Waals surface area contributed by atoms with Crippen LogP contribution in [0.25, 0.3) is 0 Å². The van der Waals surface area contributed by atoms with Crippen molar-refractivity contribution in [3.63, 3.8) is 0 Å². The van der Waals surface area contributed by atoms with Gasteiger partial charge < -0.3 is 14.8 Å². The number of amides is 3. The largest absolute Gasteiger partial charge is 0.482 e. The maximum absolute atomic E-state index is 12.0. The van der Waals surface area contributed by atoms with Crippen molar-refractivity contribution in [1.29, 1.82) is 0 Å². The minimum Gasteiger partial charge on any atom is -0.482 e. The monoisotopic (exact) mass is 394 g/mol. The van der Waals surface area contributed by atoms with E-state index >= 15 is 0 Å². The molecule has 8 nitrogen and oxygen atoms in total. The Morgan fingerprint density at radius 2 is 2.04 bits per heavy atom. The van der Waals surface area contributed by atoms with E-state index in [1.54, 1.807) is 6.07 Å². The molecule has 0 spiro atoms. The first kappa shape index (κ1) is 20.8. The third-order valence-corrected chi connectivity index (χ3v) is 4.91. The maximum Gasteiger partial charge on any atom is 0.344 e. The van der Waals surface area contributed by atoms with Crippen molar-refractivity contribution < 1.29 is 28.7 Å². The molecular weight excluding hydrogens is 372 g/mol. The number of imide groups is 1. The molecule has 2 rings (SSSR count). The minimum atomic E-state index is -1.01. The molecule has 1 aromatic carbocycles. The number of hydrogen-bond donors (Lipinski definition) is 1. The lowest BCUT2D eigenvalue weighted by atomic mass is 10.1. The van der Waals surface area contributed by atoms with Crippen LogP contribution in [0.1, 0.15) is 18.1 Å². The predicted molar refractivity (Wildman–Crippen MR) is 99.5 cm³/mol. The van der Waals surface area contributed by atoms with E-state index in [4.69, 9.17) is 9.47 Å². The number of benzene rings is 1. The molecule has 0 aliphatic carbocycles. The number of esters is 1. The van der Waals surface area contributed by atoms with Crippen molar-refractivity contribution in [2.75, 3.05) is 25.4 Å². The Morgan fingerprint density at radius 1 is 1.30 bits per heavy atom. The van der Waals surface area contributed by atoms with Crippen LogP contribution in [-0.2, 0) is 19.1 Å². The van der Waals surface area contributed by atoms with Gasteiger partial charge in [-0.3, -0.25) is 19.3 Å². The van der Waals surface area contributed by atoms with Crippen molar-refractivity contribution >= 4 is 34.8 Å². The second kappa shape index (κ2) is 9.40. The van der Waals surface area contributed by atoms with Crippen molar-refractivity contribution in [3.8, 4) is 5.75 Å². The summed E-state index contributed by atoms with van der Waals surface area (Å²) < 4.78 is 10.5. The highest BCUT2D eigenvalue weighted by Crippen LogP contribution is 2.20. The number of nitrogens with zero attached hydrogens (tertiary/aromatic N) is 1. The van der Waals surface area contributed by atoms with Crippen LogP contribution in [0.5, 0.6) is 5.75 Å². The molecule has 1 aliphatic heterocycles. The zero-order valence-corrected chi connectivity index (χ0v) is 16.3. The van der Waals surface area contributed by atoms with Crippen LogP contribution in [0, 0.1) is 13.8 Å². The molecule has 0 saturated carbocycles. The Morgan fingerprint density at radius 3 is 2.70 bits per heavy atom. The number of carbonyl (C=O) groups excluding carboxylic acids is 4. The fourth-order valence-corrected chi connectivity index (χ4v) is 3.09. The average molecular weight is 394 g/mol. The number of ether oxygens (including phenoxy) is 2. The van der Waals surface area contributed by atoms with Gasteiger partial charge in [0, 0.05) is 13.1 Å². The first-order valence-electron chi connectivity index (χ1n) is 8.43. The van der Waals surface area contributed by atoms with E-state index in [1.807, 2.05) is 26.0 Å². The number of rotatable bonds is 8. The summed E-state index contributed by atoms with van der Waals surface area (Å²) in [7, 11) is 0. The molecule has 1 fully saturated rings. The summed E-state index contributed by atoms with van der Waals surface area (Å²) in [6, 6.07) is 5.52. The van der Waals surface area contributed by atoms with Crippen LogP contribution in [0.4, 0.5) is 4.79 Å². The third-order valence-electron chi connectivity index (χ3n) is 4.05. The smallest absolute Gasteiger partial charge is 0.344 e. The van der Waals surface area contributed by atoms with E-state index in [2.05, 4.69) is 5.32 Å². The van der Waals surface area contributed by atoms with E-state index in [-0.39, 0.29) is 36.6 Å². The van der Waals surface area contributed by atoms with E-state index in [0.29, 0.717) is 5.75 Å². The van der Waals surface area contributed by atoms with Crippen LogP contribution in [0.3, 0.4) is 0 Å². The summed E-state index contributed by atoms with van der Waals surface area (Å²) in [5, 5.41) is 2.21. The van der Waals surface area contributed by atoms with Crippen molar-refractivity contribution in [3.05, 3.63) is 29.3 Å². The van der Waals surface area contributed by atoms with Crippen molar-refractivity contribution in [2.45, 2.75) is 26.9 Å². The van der Waals surface area contributed by atoms with Gasteiger partial charge in [-0.25, -0.2) is 4.79 Å². The SMILES string of the molecule is Cc1cccc(OCC(=O)O[C@H](C)C(=O)NCCN2C(=O)CSC2=O)c1C. The number of nitrogens with one attached hydrogen (secondary N) is 1. The molecule has 3 amide bonds. The Bertz CT molecular complexity index is 735. The predicted octanol–water partition coefficient (Wildman–Crippen LogP) is 1.43. The van der Waals surface area contributed by atoms with Crippen molar-refractivity contribution in [2.24, 2.45) is 0 Å². The summed E-state index contributed by atoms with van der Waals surface area (Å²) in [6.07, 6.45) is -1.01. The van der Waals surface area contributed by atoms with Gasteiger partial charge in [0.15, 0.2) is 12.7 Å². The second-order valence-electron chi connectivity index (χ2n) is 6.01. The highest BCUT2D eigenvalue weighted by atomic mass is 32.2. The van der Waals surface area contributed by atoms with Gasteiger partial charge in [0.1, 0.15) is 5.75 Å². The summed E-state index contributed by atoms with van der Waals surface area (Å²) in [5.41, 5.74) is 1.97. The van der Waals surface area contributed by atoms with Gasteiger partial charge in [0.2, 0.25) is 5.91 Å². The second-order valence-corrected chi connectivity index (χ2v) is 6.94. The van der Waals surface area contributed by atoms with Gasteiger partial charge in [0.05, 0.1) is 5.75 Å². The third kappa shape index (κ3) is 5.72. The molecule has 0 radical (unpaired) electrons. The van der Waals surface area contributed by atoms with E-state index in [0.717, 1.165) is 27.8 Å². The number of aryl methyl sites for hydroxylation is 1. The summed E-state index contributed by atoms with van der Waals surface area (Å²) in [4.78, 5) is 47.8. The highest BCUT2D eigenvalue weighted by Gasteiger charge is 2.29. The van der Waals surface area contributed by atoms with Gasteiger partial charge in [0.25, 0.3) is 11.1 Å². The highest BCUT2D eigenvalue weighted by molar-refractivity contribution is 8.14. The summed E-state index contributed by atoms with van der Waals surface area (Å²) in [6.45, 7) is 5.14. The summed E-state index contributed by atoms with van der Waals surface area (Å²) in [5.74, 6) is -0.743. The van der Waals surface area contributed by atoms with E-state index in [1.165, 1.54) is 6.92 Å². The van der Waals surface area contributed by atoms with Crippen LogP contribution >= 0.6 is 11.8 Å². The first-order valence-corrected chi connectivity index (χ1v) is 9.41. The number of thioether (sulfide) groups is 1. The Balaban J connectivity index is 1.71. The van der Waals surface area contributed by atoms with E-state index in [9.17, 15) is 19.2 Å². The Labute approximate surface area is 161 Å². The van der Waals surface area contributed by atoms with Gasteiger partial charge in [-0.1, -0.05) is 23.9 Å². The molecular formula is C18H22N2O6S. The lowest BCUT2D eigenvalue weighted by molar-refractivity contribution is -0.156. The molecule has 1 aliphatic rings. The van der Waals surface area contributed by atoms with Gasteiger partial charge >= 0.3 is 5.97 Å². The molecule has 0 bridgehead atoms. The van der Waals surface area contributed by atoms with Gasteiger partial charge in [-0.05, 0) is 38.0 Å². The lowest BCUT2D eigenvalue weighted by Crippen LogP contribution is -2.42. The molecule has 1 atom stereocenters. The molecule has 146 valence electrons. The maximum atomic E-state index is 12.0. The Kier molecular flexibility index (Phi) is 7.23. The Hall–Kier alpha value is -2.55. The molecule has 1 aromatic rings. The zero-order valence-electron chi connectivity index (χ0n) is 15.4. The standard InChI is InChI=1S/C18H22N2O6S/c1-11-5-4-6-14(12(11)2)25-9-16(22)26-13(3)17(23)19-7-8-20-15(21)10-27-18(20)24/h4-6,13H,7-10H2,1-3H3,(H,19,23)/t13-/m1/s1. The topological polar surface area (TPSA) is 102 Å². The molecule has 1 heterocycles. The van der Waals surface area contributed by atoms with Gasteiger partial charge in [-0.2, -0.15) is 0 Å². The number of hydrogen-bond acceptors (Lipinski definition) is 7. The van der Waals surface area contributed by atoms with Crippen molar-refractivity contribution in [1.82, 2.24) is 10.2 Å². The van der Waals surface area contributed by atoms with E-state index < -0.39 is 18.0 Å². The van der Waals surface area contributed by atoms with Gasteiger partial charge in [-0.15, -0.1) is 0 Å². The normalized spacial score (nSPS) is 14.9. The molecule has 1 N–H and O–H groups in total. The molecule has 27 heavy (non-hydrogen) atoms. The summed E-state index contributed by atoms with van der Waals surface area (Å²) >= 11 is 0.934. The molecule has 0 unspecified atom stereocenters. The minimum absolute atomic E-state index is 0.0901. The molecule has 9 heteroatoms. The first-order chi connectivity index (χ1) is 12.8. The van der Waals surface area contributed by atoms with Crippen LogP contribution in [-0.4, -0.2) is 59.5 Å². The van der Waals surface area contributed by atoms with Crippen LogP contribution in [0.2, 0.25) is 0 Å². The molecule has 0 aromatic heterocycles. The number of carbonyl (C=O) groups is 4. The zero-order chi connectivity index (χ0) is 20.0. The van der Waals surface area contributed by atoms with Crippen LogP contribution in [0.15, 0.2) is 18.2 Å². The van der Waals surface area contributed by atoms with Crippen LogP contribution < -0.4 is 10.1 Å². The fourth-order valence-electron chi connectivity index (χ4n) is 2.33.